The summed E-state index contributed by atoms with van der Waals surface area (Å²) in [5, 5.41) is 2.95. The number of benzene rings is 3. The van der Waals surface area contributed by atoms with Crippen molar-refractivity contribution < 1.29 is 18.0 Å². The van der Waals surface area contributed by atoms with Crippen LogP contribution in [0.1, 0.15) is 49.9 Å². The van der Waals surface area contributed by atoms with Gasteiger partial charge in [0.25, 0.3) is 10.0 Å². The molecule has 214 valence electrons. The second kappa shape index (κ2) is 12.7. The summed E-state index contributed by atoms with van der Waals surface area (Å²) in [5.41, 5.74) is 3.60. The molecule has 3 aromatic carbocycles. The van der Waals surface area contributed by atoms with Gasteiger partial charge in [-0.25, -0.2) is 8.42 Å². The minimum absolute atomic E-state index is 0.0974. The van der Waals surface area contributed by atoms with E-state index in [0.29, 0.717) is 12.1 Å². The predicted octanol–water partition coefficient (Wildman–Crippen LogP) is 5.18. The fourth-order valence-electron chi connectivity index (χ4n) is 4.48. The van der Waals surface area contributed by atoms with Gasteiger partial charge < -0.3 is 10.2 Å². The van der Waals surface area contributed by atoms with E-state index < -0.39 is 34.1 Å². The normalized spacial score (nSPS) is 12.5. The van der Waals surface area contributed by atoms with Crippen LogP contribution in [-0.2, 0) is 26.0 Å². The molecule has 2 amide bonds. The molecule has 1 N–H and O–H groups in total. The number of nitrogens with zero attached hydrogens (tertiary/aromatic N) is 2. The Balaban J connectivity index is 2.02. The number of nitrogens with one attached hydrogen (secondary N) is 1. The first kappa shape index (κ1) is 30.9. The molecule has 3 rings (SSSR count). The maximum atomic E-state index is 14.0. The van der Waals surface area contributed by atoms with Crippen molar-refractivity contribution in [3.63, 3.8) is 0 Å². The molecule has 0 aromatic heterocycles. The molecule has 0 bridgehead atoms. The molecule has 0 aliphatic heterocycles. The lowest BCUT2D eigenvalue weighted by Gasteiger charge is -2.34. The van der Waals surface area contributed by atoms with Gasteiger partial charge in [-0.1, -0.05) is 65.7 Å². The lowest BCUT2D eigenvalue weighted by Crippen LogP contribution is -2.55. The SMILES string of the molecule is Cc1ccc(S(=O)(=O)N(CC(=O)N(CCc2ccccc2)C(C)C(=O)NC(C)(C)C)c2ccc(C)cc2C)cc1. The molecule has 0 radical (unpaired) electrons. The van der Waals surface area contributed by atoms with E-state index in [9.17, 15) is 18.0 Å². The third-order valence-corrected chi connectivity index (χ3v) is 8.43. The maximum Gasteiger partial charge on any atom is 0.264 e. The molecule has 0 aliphatic carbocycles. The van der Waals surface area contributed by atoms with Gasteiger partial charge >= 0.3 is 0 Å². The van der Waals surface area contributed by atoms with E-state index in [2.05, 4.69) is 5.32 Å². The van der Waals surface area contributed by atoms with Gasteiger partial charge in [0.15, 0.2) is 0 Å². The van der Waals surface area contributed by atoms with Gasteiger partial charge in [0.1, 0.15) is 12.6 Å². The van der Waals surface area contributed by atoms with Crippen LogP contribution in [0.4, 0.5) is 5.69 Å². The number of rotatable bonds is 10. The van der Waals surface area contributed by atoms with Gasteiger partial charge in [0.05, 0.1) is 10.6 Å². The molecule has 40 heavy (non-hydrogen) atoms. The largest absolute Gasteiger partial charge is 0.350 e. The highest BCUT2D eigenvalue weighted by molar-refractivity contribution is 7.92. The van der Waals surface area contributed by atoms with Crippen LogP contribution in [0, 0.1) is 20.8 Å². The van der Waals surface area contributed by atoms with Gasteiger partial charge in [-0.3, -0.25) is 13.9 Å². The van der Waals surface area contributed by atoms with Crippen molar-refractivity contribution in [2.75, 3.05) is 17.4 Å². The summed E-state index contributed by atoms with van der Waals surface area (Å²) in [6.45, 7) is 12.8. The Morgan fingerprint density at radius 3 is 2.05 bits per heavy atom. The topological polar surface area (TPSA) is 86.8 Å². The Bertz CT molecular complexity index is 1430. The zero-order chi connectivity index (χ0) is 29.7. The number of hydrogen-bond acceptors (Lipinski definition) is 4. The first-order chi connectivity index (χ1) is 18.7. The fraction of sp³-hybridized carbons (Fsp3) is 0.375. The van der Waals surface area contributed by atoms with Crippen molar-refractivity contribution in [2.24, 2.45) is 0 Å². The fourth-order valence-corrected chi connectivity index (χ4v) is 5.96. The summed E-state index contributed by atoms with van der Waals surface area (Å²) in [5.74, 6) is -0.753. The Morgan fingerprint density at radius 2 is 1.48 bits per heavy atom. The summed E-state index contributed by atoms with van der Waals surface area (Å²) in [4.78, 5) is 28.8. The number of sulfonamides is 1. The lowest BCUT2D eigenvalue weighted by atomic mass is 10.1. The number of anilines is 1. The van der Waals surface area contributed by atoms with Crippen molar-refractivity contribution in [2.45, 2.75) is 71.4 Å². The first-order valence-electron chi connectivity index (χ1n) is 13.5. The number of carbonyl (C=O) groups is 2. The van der Waals surface area contributed by atoms with E-state index >= 15 is 0 Å². The smallest absolute Gasteiger partial charge is 0.264 e. The zero-order valence-electron chi connectivity index (χ0n) is 24.6. The van der Waals surface area contributed by atoms with Crippen molar-refractivity contribution >= 4 is 27.5 Å². The number of hydrogen-bond donors (Lipinski definition) is 1. The molecule has 0 saturated heterocycles. The average Bonchev–Trinajstić information content (AvgIpc) is 2.87. The highest BCUT2D eigenvalue weighted by Crippen LogP contribution is 2.28. The van der Waals surface area contributed by atoms with Gasteiger partial charge in [-0.2, -0.15) is 0 Å². The lowest BCUT2D eigenvalue weighted by molar-refractivity contribution is -0.139. The van der Waals surface area contributed by atoms with E-state index in [0.717, 1.165) is 22.3 Å². The summed E-state index contributed by atoms with van der Waals surface area (Å²) in [7, 11) is -4.09. The van der Waals surface area contributed by atoms with Crippen LogP contribution in [0.5, 0.6) is 0 Å². The molecule has 8 heteroatoms. The van der Waals surface area contributed by atoms with Crippen LogP contribution in [-0.4, -0.2) is 49.8 Å². The molecule has 1 atom stereocenters. The molecular formula is C32H41N3O4S. The van der Waals surface area contributed by atoms with Crippen LogP contribution in [0.2, 0.25) is 0 Å². The highest BCUT2D eigenvalue weighted by Gasteiger charge is 2.33. The summed E-state index contributed by atoms with van der Waals surface area (Å²) in [6, 6.07) is 20.9. The molecule has 0 spiro atoms. The molecular weight excluding hydrogens is 522 g/mol. The van der Waals surface area contributed by atoms with Crippen molar-refractivity contribution in [3.8, 4) is 0 Å². The van der Waals surface area contributed by atoms with Crippen LogP contribution in [0.25, 0.3) is 0 Å². The van der Waals surface area contributed by atoms with Gasteiger partial charge in [0.2, 0.25) is 11.8 Å². The summed E-state index contributed by atoms with van der Waals surface area (Å²) < 4.78 is 29.1. The average molecular weight is 564 g/mol. The molecule has 0 fully saturated rings. The number of amides is 2. The Hall–Kier alpha value is -3.65. The van der Waals surface area contributed by atoms with Crippen molar-refractivity contribution in [1.82, 2.24) is 10.2 Å². The van der Waals surface area contributed by atoms with Crippen LogP contribution in [0.3, 0.4) is 0 Å². The van der Waals surface area contributed by atoms with Gasteiger partial charge in [0, 0.05) is 12.1 Å². The molecule has 7 nitrogen and oxygen atoms in total. The zero-order valence-corrected chi connectivity index (χ0v) is 25.4. The quantitative estimate of drug-likeness (QED) is 0.368. The van der Waals surface area contributed by atoms with E-state index in [1.807, 2.05) is 84.0 Å². The van der Waals surface area contributed by atoms with Crippen molar-refractivity contribution in [3.05, 3.63) is 95.1 Å². The van der Waals surface area contributed by atoms with Crippen LogP contribution in [0.15, 0.2) is 77.7 Å². The molecule has 0 saturated carbocycles. The Morgan fingerprint density at radius 1 is 0.875 bits per heavy atom. The van der Waals surface area contributed by atoms with E-state index in [1.54, 1.807) is 37.3 Å². The minimum Gasteiger partial charge on any atom is -0.350 e. The van der Waals surface area contributed by atoms with E-state index in [-0.39, 0.29) is 17.3 Å². The monoisotopic (exact) mass is 563 g/mol. The number of carbonyl (C=O) groups excluding carboxylic acids is 2. The van der Waals surface area contributed by atoms with Gasteiger partial charge in [-0.15, -0.1) is 0 Å². The maximum absolute atomic E-state index is 14.0. The first-order valence-corrected chi connectivity index (χ1v) is 14.9. The van der Waals surface area contributed by atoms with E-state index in [1.165, 1.54) is 9.21 Å². The third-order valence-electron chi connectivity index (χ3n) is 6.66. The van der Waals surface area contributed by atoms with Gasteiger partial charge in [-0.05, 0) is 84.2 Å². The Kier molecular flexibility index (Phi) is 9.79. The van der Waals surface area contributed by atoms with Crippen LogP contribution >= 0.6 is 0 Å². The molecule has 1 unspecified atom stereocenters. The molecule has 3 aromatic rings. The summed E-state index contributed by atoms with van der Waals surface area (Å²) in [6.07, 6.45) is 0.522. The molecule has 0 heterocycles. The van der Waals surface area contributed by atoms with Crippen molar-refractivity contribution in [1.29, 1.82) is 0 Å². The van der Waals surface area contributed by atoms with Crippen LogP contribution < -0.4 is 9.62 Å². The second-order valence-electron chi connectivity index (χ2n) is 11.4. The predicted molar refractivity (Wildman–Crippen MR) is 161 cm³/mol. The van der Waals surface area contributed by atoms with E-state index in [4.69, 9.17) is 0 Å². The number of aryl methyl sites for hydroxylation is 3. The highest BCUT2D eigenvalue weighted by atomic mass is 32.2. The molecule has 0 aliphatic rings. The Labute approximate surface area is 239 Å². The standard InChI is InChI=1S/C32H41N3O4S/c1-23-13-16-28(17-14-23)40(38,39)35(29-18-15-24(2)21-25(29)3)22-30(36)34(20-19-27-11-9-8-10-12-27)26(4)31(37)33-32(5,6)7/h8-18,21,26H,19-20,22H2,1-7H3,(H,33,37). The minimum atomic E-state index is -4.09. The summed E-state index contributed by atoms with van der Waals surface area (Å²) >= 11 is 0. The third kappa shape index (κ3) is 7.94. The second-order valence-corrected chi connectivity index (χ2v) is 13.2.